The number of hydrogen-bond donors (Lipinski definition) is 0. The van der Waals surface area contributed by atoms with Gasteiger partial charge in [-0.15, -0.1) is 0 Å². The number of nitrogens with zero attached hydrogens (tertiary/aromatic N) is 8. The first-order chi connectivity index (χ1) is 29.2. The Morgan fingerprint density at radius 2 is 0.797 bits per heavy atom. The van der Waals surface area contributed by atoms with E-state index in [1.807, 2.05) is 49.2 Å². The van der Waals surface area contributed by atoms with Crippen molar-refractivity contribution in [3.8, 4) is 22.8 Å². The van der Waals surface area contributed by atoms with Gasteiger partial charge in [0.1, 0.15) is 11.4 Å². The van der Waals surface area contributed by atoms with E-state index in [4.69, 9.17) is 34.9 Å². The molecule has 0 radical (unpaired) electrons. The topological polar surface area (TPSA) is 93.5 Å². The summed E-state index contributed by atoms with van der Waals surface area (Å²) in [6, 6.07) is 33.5. The Morgan fingerprint density at radius 3 is 1.25 bits per heavy atom. The molecule has 274 valence electrons. The smallest absolute Gasteiger partial charge is 0.112 e. The van der Waals surface area contributed by atoms with Gasteiger partial charge >= 0.3 is 0 Å². The van der Waals surface area contributed by atoms with Crippen LogP contribution in [0.1, 0.15) is 74.1 Å². The largest absolute Gasteiger partial charge is 0.308 e. The fourth-order valence-electron chi connectivity index (χ4n) is 12.2. The molecule has 3 aliphatic carbocycles. The lowest BCUT2D eigenvalue weighted by molar-refractivity contribution is 0.652. The number of pyridine rings is 3. The van der Waals surface area contributed by atoms with E-state index >= 15 is 0 Å². The summed E-state index contributed by atoms with van der Waals surface area (Å²) in [6.45, 7) is 6.34. The van der Waals surface area contributed by atoms with Crippen LogP contribution in [0.2, 0.25) is 0 Å². The van der Waals surface area contributed by atoms with Gasteiger partial charge < -0.3 is 4.90 Å². The summed E-state index contributed by atoms with van der Waals surface area (Å²) < 4.78 is 0. The van der Waals surface area contributed by atoms with E-state index in [0.717, 1.165) is 101 Å². The molecule has 0 amide bonds. The van der Waals surface area contributed by atoms with E-state index in [-0.39, 0.29) is 0 Å². The molecule has 8 heteroatoms. The summed E-state index contributed by atoms with van der Waals surface area (Å²) in [4.78, 5) is 38.4. The van der Waals surface area contributed by atoms with Gasteiger partial charge in [-0.05, 0) is 75.2 Å². The Morgan fingerprint density at radius 1 is 0.424 bits per heavy atom. The van der Waals surface area contributed by atoms with E-state index < -0.39 is 16.2 Å². The molecule has 8 aromatic rings. The number of benzene rings is 3. The predicted octanol–water partition coefficient (Wildman–Crippen LogP) is 9.45. The summed E-state index contributed by atoms with van der Waals surface area (Å²) in [6.07, 6.45) is 19.0. The second-order valence-corrected chi connectivity index (χ2v) is 16.0. The van der Waals surface area contributed by atoms with Crippen molar-refractivity contribution < 1.29 is 0 Å². The van der Waals surface area contributed by atoms with Crippen molar-refractivity contribution in [1.29, 1.82) is 0 Å². The number of fused-ring (bicyclic) bond motifs is 18. The van der Waals surface area contributed by atoms with Gasteiger partial charge in [0.05, 0.1) is 61.8 Å². The van der Waals surface area contributed by atoms with Gasteiger partial charge in [0.25, 0.3) is 0 Å². The zero-order chi connectivity index (χ0) is 38.8. The Labute approximate surface area is 339 Å². The quantitative estimate of drug-likeness (QED) is 0.161. The second kappa shape index (κ2) is 10.4. The molecule has 8 heterocycles. The van der Waals surface area contributed by atoms with E-state index in [9.17, 15) is 0 Å². The lowest BCUT2D eigenvalue weighted by atomic mass is 9.55. The molecule has 8 nitrogen and oxygen atoms in total. The Kier molecular flexibility index (Phi) is 5.54. The highest BCUT2D eigenvalue weighted by Gasteiger charge is 2.64. The molecular weight excluding hydrogens is 725 g/mol. The lowest BCUT2D eigenvalue weighted by Crippen LogP contribution is -2.48. The van der Waals surface area contributed by atoms with Crippen LogP contribution in [-0.2, 0) is 16.2 Å². The molecule has 3 aromatic carbocycles. The van der Waals surface area contributed by atoms with Gasteiger partial charge in [0, 0.05) is 54.5 Å². The molecule has 0 fully saturated rings. The molecule has 6 aliphatic rings. The molecule has 0 bridgehead atoms. The van der Waals surface area contributed by atoms with Crippen molar-refractivity contribution in [3.63, 3.8) is 0 Å². The van der Waals surface area contributed by atoms with E-state index in [0.29, 0.717) is 0 Å². The van der Waals surface area contributed by atoms with Gasteiger partial charge in [0.15, 0.2) is 0 Å². The SMILES string of the molecule is C=C/C=C\C1=C(C)c2ncccc2C12c1cccc3c1N1c4c2cccc4C2(c4cccnc4-c4nccnc42)c2cccc(c21)C31c2cccnc2-c2nccnc21. The number of anilines is 3. The third-order valence-corrected chi connectivity index (χ3v) is 14.0. The van der Waals surface area contributed by atoms with Gasteiger partial charge in [-0.2, -0.15) is 0 Å². The van der Waals surface area contributed by atoms with Gasteiger partial charge in [-0.1, -0.05) is 97.6 Å². The molecule has 14 rings (SSSR count). The summed E-state index contributed by atoms with van der Waals surface area (Å²) in [5, 5.41) is 0. The number of rotatable bonds is 2. The molecule has 2 unspecified atom stereocenters. The molecule has 0 saturated heterocycles. The third-order valence-electron chi connectivity index (χ3n) is 14.0. The lowest BCUT2D eigenvalue weighted by Gasteiger charge is -2.56. The fraction of sp³-hybridized carbons (Fsp3) is 0.0784. The van der Waals surface area contributed by atoms with Crippen molar-refractivity contribution in [3.05, 3.63) is 232 Å². The van der Waals surface area contributed by atoms with Crippen LogP contribution in [0.25, 0.3) is 28.3 Å². The average Bonchev–Trinajstić information content (AvgIpc) is 3.85. The van der Waals surface area contributed by atoms with Gasteiger partial charge in [-0.25, -0.2) is 0 Å². The Balaban J connectivity index is 1.27. The first kappa shape index (κ1) is 31.4. The highest BCUT2D eigenvalue weighted by Crippen LogP contribution is 2.74. The van der Waals surface area contributed by atoms with Gasteiger partial charge in [0.2, 0.25) is 0 Å². The Hall–Kier alpha value is -7.71. The number of hydrogen-bond acceptors (Lipinski definition) is 8. The van der Waals surface area contributed by atoms with Crippen LogP contribution in [0.5, 0.6) is 0 Å². The van der Waals surface area contributed by atoms with Crippen LogP contribution >= 0.6 is 0 Å². The number of para-hydroxylation sites is 3. The number of allylic oxidation sites excluding steroid dienone is 5. The average molecular weight is 755 g/mol. The zero-order valence-electron chi connectivity index (χ0n) is 31.7. The van der Waals surface area contributed by atoms with Crippen LogP contribution in [0.3, 0.4) is 0 Å². The summed E-state index contributed by atoms with van der Waals surface area (Å²) >= 11 is 0. The molecule has 5 aromatic heterocycles. The predicted molar refractivity (Wildman–Crippen MR) is 226 cm³/mol. The first-order valence-corrected chi connectivity index (χ1v) is 19.9. The van der Waals surface area contributed by atoms with Crippen LogP contribution in [0.4, 0.5) is 17.1 Å². The van der Waals surface area contributed by atoms with E-state index in [2.05, 4.69) is 109 Å². The van der Waals surface area contributed by atoms with Crippen molar-refractivity contribution in [2.75, 3.05) is 4.90 Å². The normalized spacial score (nSPS) is 22.1. The van der Waals surface area contributed by atoms with Crippen molar-refractivity contribution in [1.82, 2.24) is 34.9 Å². The standard InChI is InChI=1S/C51H30N8/c1-3-4-11-29-28(2)39-30(18-8-21-52-39)49(29)33-12-5-14-35-44(33)59-45-34(49)13-6-15-36(45)51(32-20-10-23-54-41(32)43-48(51)58-27-25-56-43)38-17-7-16-37(46(38)59)50(35)31-19-9-22-53-40(31)42-47(50)57-26-24-55-42/h3-27H,1H2,2H3/b11-4-. The number of aromatic nitrogens is 7. The van der Waals surface area contributed by atoms with E-state index in [1.165, 1.54) is 16.7 Å². The van der Waals surface area contributed by atoms with Crippen molar-refractivity contribution >= 4 is 22.6 Å². The van der Waals surface area contributed by atoms with Crippen LogP contribution in [-0.4, -0.2) is 34.9 Å². The molecule has 2 atom stereocenters. The molecule has 3 aliphatic heterocycles. The Bertz CT molecular complexity index is 3100. The van der Waals surface area contributed by atoms with Crippen LogP contribution in [0, 0.1) is 0 Å². The van der Waals surface area contributed by atoms with Crippen molar-refractivity contribution in [2.45, 2.75) is 23.2 Å². The van der Waals surface area contributed by atoms with Crippen molar-refractivity contribution in [2.24, 2.45) is 0 Å². The zero-order valence-corrected chi connectivity index (χ0v) is 31.7. The summed E-state index contributed by atoms with van der Waals surface area (Å²) in [5.41, 5.74) is 19.4. The summed E-state index contributed by atoms with van der Waals surface area (Å²) in [5.74, 6) is 0. The second-order valence-electron chi connectivity index (χ2n) is 16.0. The molecule has 3 spiro atoms. The highest BCUT2D eigenvalue weighted by atomic mass is 15.2. The fourth-order valence-corrected chi connectivity index (χ4v) is 12.2. The van der Waals surface area contributed by atoms with E-state index in [1.54, 1.807) is 12.4 Å². The molecule has 0 N–H and O–H groups in total. The molecule has 0 saturated carbocycles. The minimum absolute atomic E-state index is 0.754. The monoisotopic (exact) mass is 754 g/mol. The minimum atomic E-state index is -0.861. The van der Waals surface area contributed by atoms with Crippen LogP contribution < -0.4 is 4.90 Å². The highest BCUT2D eigenvalue weighted by molar-refractivity contribution is 6.06. The summed E-state index contributed by atoms with van der Waals surface area (Å²) in [7, 11) is 0. The maximum Gasteiger partial charge on any atom is 0.112 e. The molecular formula is C51H30N8. The maximum atomic E-state index is 5.30. The maximum absolute atomic E-state index is 5.30. The molecule has 59 heavy (non-hydrogen) atoms. The third kappa shape index (κ3) is 3.14. The first-order valence-electron chi connectivity index (χ1n) is 19.9. The van der Waals surface area contributed by atoms with Gasteiger partial charge in [-0.3, -0.25) is 34.9 Å². The minimum Gasteiger partial charge on any atom is -0.308 e. The van der Waals surface area contributed by atoms with Crippen LogP contribution in [0.15, 0.2) is 165 Å².